The van der Waals surface area contributed by atoms with Gasteiger partial charge in [-0.05, 0) is 37.6 Å². The highest BCUT2D eigenvalue weighted by atomic mass is 32.2. The van der Waals surface area contributed by atoms with E-state index in [1.165, 1.54) is 30.0 Å². The molecule has 142 valence electrons. The van der Waals surface area contributed by atoms with Crippen molar-refractivity contribution in [1.82, 2.24) is 5.32 Å². The van der Waals surface area contributed by atoms with Crippen LogP contribution in [-0.2, 0) is 9.53 Å². The largest absolute Gasteiger partial charge is 0.452 e. The molecule has 0 bridgehead atoms. The maximum Gasteiger partial charge on any atom is 0.338 e. The number of hydrogen-bond acceptors (Lipinski definition) is 6. The van der Waals surface area contributed by atoms with Gasteiger partial charge >= 0.3 is 5.97 Å². The number of esters is 1. The van der Waals surface area contributed by atoms with Crippen LogP contribution in [0.1, 0.15) is 29.3 Å². The minimum absolute atomic E-state index is 0.0262. The Morgan fingerprint density at radius 3 is 2.52 bits per heavy atom. The minimum Gasteiger partial charge on any atom is -0.452 e. The van der Waals surface area contributed by atoms with Crippen LogP contribution in [-0.4, -0.2) is 30.0 Å². The van der Waals surface area contributed by atoms with Crippen LogP contribution in [0.5, 0.6) is 0 Å². The second-order valence-corrected chi connectivity index (χ2v) is 6.90. The highest BCUT2D eigenvalue weighted by Crippen LogP contribution is 2.35. The molecular weight excluding hydrogens is 368 g/mol. The molecule has 1 amide bonds. The van der Waals surface area contributed by atoms with Crippen LogP contribution in [0.25, 0.3) is 0 Å². The molecule has 0 atom stereocenters. The van der Waals surface area contributed by atoms with E-state index in [0.29, 0.717) is 11.4 Å². The Bertz CT molecular complexity index is 836. The average molecular weight is 388 g/mol. The molecule has 0 aromatic heterocycles. The molecule has 0 aliphatic rings. The van der Waals surface area contributed by atoms with Crippen molar-refractivity contribution in [3.8, 4) is 0 Å². The van der Waals surface area contributed by atoms with Crippen molar-refractivity contribution in [1.29, 1.82) is 0 Å². The summed E-state index contributed by atoms with van der Waals surface area (Å²) >= 11 is 1.24. The van der Waals surface area contributed by atoms with Crippen LogP contribution in [0.15, 0.2) is 52.3 Å². The number of rotatable bonds is 8. The van der Waals surface area contributed by atoms with Gasteiger partial charge in [0, 0.05) is 17.5 Å². The fourth-order valence-corrected chi connectivity index (χ4v) is 3.04. The molecule has 7 nitrogen and oxygen atoms in total. The van der Waals surface area contributed by atoms with Gasteiger partial charge in [0.05, 0.1) is 15.4 Å². The molecule has 0 radical (unpaired) electrons. The number of nitrogens with zero attached hydrogens (tertiary/aromatic N) is 1. The first-order valence-electron chi connectivity index (χ1n) is 8.37. The first-order valence-corrected chi connectivity index (χ1v) is 9.19. The molecule has 8 heteroatoms. The summed E-state index contributed by atoms with van der Waals surface area (Å²) in [5, 5.41) is 14.0. The standard InChI is InChI=1S/C19H20N2O5S/c1-3-10-20-18(22)12-26-19(23)14-6-9-17(16(11-14)21(24)25)27-15-7-4-13(2)5-8-15/h4-9,11H,3,10,12H2,1-2H3,(H,20,22). The van der Waals surface area contributed by atoms with Gasteiger partial charge in [0.15, 0.2) is 6.61 Å². The van der Waals surface area contributed by atoms with Gasteiger partial charge in [-0.3, -0.25) is 14.9 Å². The lowest BCUT2D eigenvalue weighted by molar-refractivity contribution is -0.387. The third-order valence-corrected chi connectivity index (χ3v) is 4.62. The number of hydrogen-bond donors (Lipinski definition) is 1. The smallest absolute Gasteiger partial charge is 0.338 e. The summed E-state index contributed by atoms with van der Waals surface area (Å²) in [5.41, 5.74) is 0.929. The number of carbonyl (C=O) groups is 2. The quantitative estimate of drug-likeness (QED) is 0.420. The predicted octanol–water partition coefficient (Wildman–Crippen LogP) is 3.74. The maximum atomic E-state index is 12.1. The third-order valence-electron chi connectivity index (χ3n) is 3.55. The van der Waals surface area contributed by atoms with Crippen molar-refractivity contribution in [3.05, 3.63) is 63.7 Å². The van der Waals surface area contributed by atoms with E-state index >= 15 is 0 Å². The average Bonchev–Trinajstić information content (AvgIpc) is 2.66. The number of nitrogens with one attached hydrogen (secondary N) is 1. The van der Waals surface area contributed by atoms with Crippen molar-refractivity contribution in [2.75, 3.05) is 13.2 Å². The number of ether oxygens (including phenoxy) is 1. The Morgan fingerprint density at radius 1 is 1.19 bits per heavy atom. The molecule has 0 heterocycles. The van der Waals surface area contributed by atoms with Gasteiger partial charge in [0.2, 0.25) is 0 Å². The number of benzene rings is 2. The van der Waals surface area contributed by atoms with Crippen LogP contribution in [0.3, 0.4) is 0 Å². The number of nitro groups is 1. The molecule has 0 saturated heterocycles. The maximum absolute atomic E-state index is 12.1. The van der Waals surface area contributed by atoms with Gasteiger partial charge in [-0.25, -0.2) is 4.79 Å². The Kier molecular flexibility index (Phi) is 7.36. The molecule has 0 spiro atoms. The molecule has 0 fully saturated rings. The van der Waals surface area contributed by atoms with Gasteiger partial charge in [0.25, 0.3) is 11.6 Å². The second-order valence-electron chi connectivity index (χ2n) is 5.78. The van der Waals surface area contributed by atoms with E-state index in [2.05, 4.69) is 5.32 Å². The fraction of sp³-hybridized carbons (Fsp3) is 0.263. The summed E-state index contributed by atoms with van der Waals surface area (Å²) in [5.74, 6) is -1.19. The van der Waals surface area contributed by atoms with Gasteiger partial charge < -0.3 is 10.1 Å². The topological polar surface area (TPSA) is 98.5 Å². The molecule has 2 aromatic rings. The molecule has 2 aromatic carbocycles. The Labute approximate surface area is 161 Å². The van der Waals surface area contributed by atoms with E-state index in [9.17, 15) is 19.7 Å². The number of nitro benzene ring substituents is 1. The van der Waals surface area contributed by atoms with E-state index in [0.717, 1.165) is 16.9 Å². The van der Waals surface area contributed by atoms with Crippen LogP contribution < -0.4 is 5.32 Å². The zero-order chi connectivity index (χ0) is 19.8. The van der Waals surface area contributed by atoms with Crippen molar-refractivity contribution in [2.24, 2.45) is 0 Å². The van der Waals surface area contributed by atoms with E-state index < -0.39 is 23.4 Å². The van der Waals surface area contributed by atoms with Crippen molar-refractivity contribution < 1.29 is 19.2 Å². The highest BCUT2D eigenvalue weighted by molar-refractivity contribution is 7.99. The normalized spacial score (nSPS) is 10.3. The molecule has 27 heavy (non-hydrogen) atoms. The predicted molar refractivity (Wildman–Crippen MR) is 102 cm³/mol. The molecule has 1 N–H and O–H groups in total. The van der Waals surface area contributed by atoms with E-state index in [1.54, 1.807) is 0 Å². The minimum atomic E-state index is -0.781. The van der Waals surface area contributed by atoms with Crippen LogP contribution in [0, 0.1) is 17.0 Å². The third kappa shape index (κ3) is 6.10. The zero-order valence-corrected chi connectivity index (χ0v) is 15.9. The number of amides is 1. The van der Waals surface area contributed by atoms with Crippen molar-refractivity contribution >= 4 is 29.3 Å². The highest BCUT2D eigenvalue weighted by Gasteiger charge is 2.19. The van der Waals surface area contributed by atoms with E-state index in [4.69, 9.17) is 4.74 Å². The lowest BCUT2D eigenvalue weighted by Gasteiger charge is -2.07. The van der Waals surface area contributed by atoms with Gasteiger partial charge in [-0.1, -0.05) is 36.4 Å². The first kappa shape index (κ1) is 20.4. The first-order chi connectivity index (χ1) is 12.9. The van der Waals surface area contributed by atoms with Crippen molar-refractivity contribution in [3.63, 3.8) is 0 Å². The number of aryl methyl sites for hydroxylation is 1. The van der Waals surface area contributed by atoms with Gasteiger partial charge in [0.1, 0.15) is 0 Å². The van der Waals surface area contributed by atoms with Gasteiger partial charge in [-0.15, -0.1) is 0 Å². The summed E-state index contributed by atoms with van der Waals surface area (Å²) in [6.07, 6.45) is 0.770. The van der Waals surface area contributed by atoms with Crippen LogP contribution >= 0.6 is 11.8 Å². The Morgan fingerprint density at radius 2 is 1.89 bits per heavy atom. The monoisotopic (exact) mass is 388 g/mol. The summed E-state index contributed by atoms with van der Waals surface area (Å²) < 4.78 is 4.91. The summed E-state index contributed by atoms with van der Waals surface area (Å²) in [7, 11) is 0. The second kappa shape index (κ2) is 9.72. The van der Waals surface area contributed by atoms with Crippen molar-refractivity contribution in [2.45, 2.75) is 30.1 Å². The molecule has 0 unspecified atom stereocenters. The van der Waals surface area contributed by atoms with Gasteiger partial charge in [-0.2, -0.15) is 0 Å². The lowest BCUT2D eigenvalue weighted by atomic mass is 10.2. The molecule has 2 rings (SSSR count). The lowest BCUT2D eigenvalue weighted by Crippen LogP contribution is -2.29. The number of carbonyl (C=O) groups excluding carboxylic acids is 2. The Hall–Kier alpha value is -2.87. The van der Waals surface area contributed by atoms with E-state index in [1.807, 2.05) is 38.1 Å². The SMILES string of the molecule is CCCNC(=O)COC(=O)c1ccc(Sc2ccc(C)cc2)c([N+](=O)[O-])c1. The van der Waals surface area contributed by atoms with Crippen LogP contribution in [0.4, 0.5) is 5.69 Å². The van der Waals surface area contributed by atoms with E-state index in [-0.39, 0.29) is 11.3 Å². The summed E-state index contributed by atoms with van der Waals surface area (Å²) in [4.78, 5) is 35.7. The van der Waals surface area contributed by atoms with Crippen LogP contribution in [0.2, 0.25) is 0 Å². The molecular formula is C19H20N2O5S. The molecule has 0 saturated carbocycles. The zero-order valence-electron chi connectivity index (χ0n) is 15.1. The summed E-state index contributed by atoms with van der Waals surface area (Å²) in [6, 6.07) is 11.7. The molecule has 0 aliphatic carbocycles. The summed E-state index contributed by atoms with van der Waals surface area (Å²) in [6.45, 7) is 3.93. The molecule has 0 aliphatic heterocycles. The Balaban J connectivity index is 2.12. The fourth-order valence-electron chi connectivity index (χ4n) is 2.14.